The normalized spacial score (nSPS) is 13.5. The molecule has 0 aliphatic heterocycles. The van der Waals surface area contributed by atoms with Gasteiger partial charge >= 0.3 is 0 Å². The number of rotatable bonds is 5. The minimum absolute atomic E-state index is 0.00226. The van der Waals surface area contributed by atoms with Crippen LogP contribution in [0.15, 0.2) is 23.4 Å². The maximum absolute atomic E-state index is 13.1. The van der Waals surface area contributed by atoms with E-state index in [1.165, 1.54) is 18.2 Å². The second-order valence-electron chi connectivity index (χ2n) is 3.92. The maximum Gasteiger partial charge on any atom is 0.131 e. The second-order valence-corrected chi connectivity index (χ2v) is 3.92. The van der Waals surface area contributed by atoms with Gasteiger partial charge in [-0.15, -0.1) is 0 Å². The van der Waals surface area contributed by atoms with E-state index < -0.39 is 5.82 Å². The van der Waals surface area contributed by atoms with Crippen molar-refractivity contribution in [3.63, 3.8) is 0 Å². The highest BCUT2D eigenvalue weighted by Crippen LogP contribution is 2.21. The van der Waals surface area contributed by atoms with Crippen molar-refractivity contribution in [2.24, 2.45) is 11.1 Å². The number of hydrogen-bond acceptors (Lipinski definition) is 4. The average Bonchev–Trinajstić information content (AvgIpc) is 2.35. The first-order valence-corrected chi connectivity index (χ1v) is 5.30. The van der Waals surface area contributed by atoms with Gasteiger partial charge < -0.3 is 15.1 Å². The number of ether oxygens (including phenoxy) is 1. The predicted octanol–water partition coefficient (Wildman–Crippen LogP) is 2.03. The number of nitrogens with zero attached hydrogens (tertiary/aromatic N) is 1. The van der Waals surface area contributed by atoms with Crippen LogP contribution >= 0.6 is 0 Å². The number of aliphatic hydroxyl groups is 1. The molecule has 1 unspecified atom stereocenters. The number of benzene rings is 1. The Morgan fingerprint density at radius 3 is 2.82 bits per heavy atom. The Hall–Kier alpha value is -1.62. The molecule has 0 spiro atoms. The molecule has 0 aromatic heterocycles. The molecule has 17 heavy (non-hydrogen) atoms. The molecule has 2 N–H and O–H groups in total. The quantitative estimate of drug-likeness (QED) is 0.471. The molecule has 5 heteroatoms. The van der Waals surface area contributed by atoms with Gasteiger partial charge in [0.1, 0.15) is 11.6 Å². The van der Waals surface area contributed by atoms with E-state index in [1.807, 2.05) is 6.92 Å². The smallest absolute Gasteiger partial charge is 0.131 e. The van der Waals surface area contributed by atoms with Crippen molar-refractivity contribution in [1.29, 1.82) is 0 Å². The fourth-order valence-electron chi connectivity index (χ4n) is 1.25. The summed E-state index contributed by atoms with van der Waals surface area (Å²) in [5, 5.41) is 20.6. The molecule has 0 saturated heterocycles. The first-order valence-electron chi connectivity index (χ1n) is 5.30. The Morgan fingerprint density at radius 2 is 2.24 bits per heavy atom. The van der Waals surface area contributed by atoms with Gasteiger partial charge in [-0.25, -0.2) is 4.39 Å². The molecular formula is C12H16FNO3. The lowest BCUT2D eigenvalue weighted by molar-refractivity contribution is 0.174. The van der Waals surface area contributed by atoms with Crippen molar-refractivity contribution in [3.8, 4) is 5.75 Å². The topological polar surface area (TPSA) is 62.1 Å². The van der Waals surface area contributed by atoms with Crippen molar-refractivity contribution in [2.75, 3.05) is 13.2 Å². The van der Waals surface area contributed by atoms with E-state index in [9.17, 15) is 4.39 Å². The summed E-state index contributed by atoms with van der Waals surface area (Å²) in [4.78, 5) is 0. The SMILES string of the molecule is C/C(=N\O)c1ccc(F)cc1OCC(C)CO. The van der Waals surface area contributed by atoms with Gasteiger partial charge in [-0.2, -0.15) is 0 Å². The molecule has 94 valence electrons. The number of aliphatic hydroxyl groups excluding tert-OH is 1. The van der Waals surface area contributed by atoms with E-state index in [0.717, 1.165) is 0 Å². The van der Waals surface area contributed by atoms with Gasteiger partial charge in [0, 0.05) is 24.2 Å². The molecule has 0 fully saturated rings. The van der Waals surface area contributed by atoms with Crippen molar-refractivity contribution in [3.05, 3.63) is 29.6 Å². The largest absolute Gasteiger partial charge is 0.492 e. The molecule has 0 aliphatic carbocycles. The minimum atomic E-state index is -0.425. The first-order chi connectivity index (χ1) is 8.08. The third-order valence-electron chi connectivity index (χ3n) is 2.32. The Kier molecular flexibility index (Phi) is 4.90. The van der Waals surface area contributed by atoms with Crippen LogP contribution in [0.1, 0.15) is 19.4 Å². The second kappa shape index (κ2) is 6.20. The lowest BCUT2D eigenvalue weighted by Crippen LogP contribution is -2.13. The summed E-state index contributed by atoms with van der Waals surface area (Å²) in [5.74, 6) is -0.163. The standard InChI is InChI=1S/C12H16FNO3/c1-8(6-15)7-17-12-5-10(13)3-4-11(12)9(2)14-16/h3-5,8,15-16H,6-7H2,1-2H3/b14-9+. The number of halogens is 1. The molecule has 0 aliphatic rings. The molecule has 4 nitrogen and oxygen atoms in total. The van der Waals surface area contributed by atoms with Crippen LogP contribution in [-0.2, 0) is 0 Å². The molecule has 0 bridgehead atoms. The molecule has 0 saturated carbocycles. The van der Waals surface area contributed by atoms with Crippen molar-refractivity contribution < 1.29 is 19.4 Å². The van der Waals surface area contributed by atoms with E-state index in [4.69, 9.17) is 15.1 Å². The van der Waals surface area contributed by atoms with Crippen LogP contribution in [0.3, 0.4) is 0 Å². The van der Waals surface area contributed by atoms with E-state index in [0.29, 0.717) is 17.0 Å². The third-order valence-corrected chi connectivity index (χ3v) is 2.32. The summed E-state index contributed by atoms with van der Waals surface area (Å²) in [6.07, 6.45) is 0. The average molecular weight is 241 g/mol. The molecule has 0 radical (unpaired) electrons. The Bertz CT molecular complexity index is 407. The highest BCUT2D eigenvalue weighted by molar-refractivity contribution is 6.00. The van der Waals surface area contributed by atoms with Gasteiger partial charge in [-0.1, -0.05) is 12.1 Å². The zero-order chi connectivity index (χ0) is 12.8. The fraction of sp³-hybridized carbons (Fsp3) is 0.417. The molecule has 1 rings (SSSR count). The monoisotopic (exact) mass is 241 g/mol. The van der Waals surface area contributed by atoms with Gasteiger partial charge in [0.2, 0.25) is 0 Å². The summed E-state index contributed by atoms with van der Waals surface area (Å²) < 4.78 is 18.5. The van der Waals surface area contributed by atoms with E-state index in [-0.39, 0.29) is 19.1 Å². The van der Waals surface area contributed by atoms with E-state index in [1.54, 1.807) is 6.92 Å². The van der Waals surface area contributed by atoms with Crippen LogP contribution in [0, 0.1) is 11.7 Å². The minimum Gasteiger partial charge on any atom is -0.492 e. The highest BCUT2D eigenvalue weighted by Gasteiger charge is 2.10. The molecule has 0 heterocycles. The van der Waals surface area contributed by atoms with Gasteiger partial charge in [-0.05, 0) is 19.1 Å². The Morgan fingerprint density at radius 1 is 1.53 bits per heavy atom. The van der Waals surface area contributed by atoms with E-state index in [2.05, 4.69) is 5.16 Å². The van der Waals surface area contributed by atoms with Crippen LogP contribution in [0.2, 0.25) is 0 Å². The summed E-state index contributed by atoms with van der Waals surface area (Å²) >= 11 is 0. The third kappa shape index (κ3) is 3.71. The molecule has 1 aromatic carbocycles. The molecular weight excluding hydrogens is 225 g/mol. The van der Waals surface area contributed by atoms with Crippen LogP contribution in [0.4, 0.5) is 4.39 Å². The van der Waals surface area contributed by atoms with Crippen molar-refractivity contribution in [1.82, 2.24) is 0 Å². The lowest BCUT2D eigenvalue weighted by atomic mass is 10.1. The Balaban J connectivity index is 2.91. The zero-order valence-electron chi connectivity index (χ0n) is 9.85. The lowest BCUT2D eigenvalue weighted by Gasteiger charge is -2.13. The molecule has 1 atom stereocenters. The molecule has 0 amide bonds. The number of hydrogen-bond donors (Lipinski definition) is 2. The van der Waals surface area contributed by atoms with Crippen molar-refractivity contribution >= 4 is 5.71 Å². The highest BCUT2D eigenvalue weighted by atomic mass is 19.1. The summed E-state index contributed by atoms with van der Waals surface area (Å²) in [5.41, 5.74) is 0.871. The molecule has 1 aromatic rings. The van der Waals surface area contributed by atoms with Gasteiger partial charge in [0.05, 0.1) is 12.3 Å². The van der Waals surface area contributed by atoms with Crippen LogP contribution < -0.4 is 4.74 Å². The van der Waals surface area contributed by atoms with Gasteiger partial charge in [0.15, 0.2) is 0 Å². The summed E-state index contributed by atoms with van der Waals surface area (Å²) in [6.45, 7) is 3.67. The van der Waals surface area contributed by atoms with E-state index >= 15 is 0 Å². The summed E-state index contributed by atoms with van der Waals surface area (Å²) in [6, 6.07) is 3.99. The number of oxime groups is 1. The fourth-order valence-corrected chi connectivity index (χ4v) is 1.25. The van der Waals surface area contributed by atoms with Gasteiger partial charge in [-0.3, -0.25) is 0 Å². The van der Waals surface area contributed by atoms with Gasteiger partial charge in [0.25, 0.3) is 0 Å². The zero-order valence-corrected chi connectivity index (χ0v) is 9.85. The van der Waals surface area contributed by atoms with Crippen molar-refractivity contribution in [2.45, 2.75) is 13.8 Å². The Labute approximate surface area is 99.3 Å². The van der Waals surface area contributed by atoms with Crippen LogP contribution in [0.5, 0.6) is 5.75 Å². The maximum atomic E-state index is 13.1. The predicted molar refractivity (Wildman–Crippen MR) is 62.1 cm³/mol. The summed E-state index contributed by atoms with van der Waals surface area (Å²) in [7, 11) is 0. The first kappa shape index (κ1) is 13.4. The van der Waals surface area contributed by atoms with Crippen LogP contribution in [0.25, 0.3) is 0 Å². The van der Waals surface area contributed by atoms with Crippen LogP contribution in [-0.4, -0.2) is 29.2 Å².